The SMILES string of the molecule is CC.Cc1cnc2n(C)c(=O)[nH]c(=O)n12. The summed E-state index contributed by atoms with van der Waals surface area (Å²) in [6.45, 7) is 5.75. The molecule has 0 amide bonds. The van der Waals surface area contributed by atoms with Crippen molar-refractivity contribution in [1.29, 1.82) is 0 Å². The molecule has 0 aliphatic rings. The average molecular weight is 210 g/mol. The average Bonchev–Trinajstić information content (AvgIpc) is 2.61. The third-order valence-corrected chi connectivity index (χ3v) is 1.94. The van der Waals surface area contributed by atoms with E-state index in [-0.39, 0.29) is 0 Å². The van der Waals surface area contributed by atoms with Crippen LogP contribution >= 0.6 is 0 Å². The summed E-state index contributed by atoms with van der Waals surface area (Å²) in [6, 6.07) is 0. The van der Waals surface area contributed by atoms with Crippen LogP contribution < -0.4 is 11.4 Å². The van der Waals surface area contributed by atoms with E-state index in [0.717, 1.165) is 0 Å². The lowest BCUT2D eigenvalue weighted by Crippen LogP contribution is -2.33. The van der Waals surface area contributed by atoms with Gasteiger partial charge in [-0.2, -0.15) is 0 Å². The molecular weight excluding hydrogens is 196 g/mol. The highest BCUT2D eigenvalue weighted by atomic mass is 16.2. The minimum absolute atomic E-state index is 0.353. The van der Waals surface area contributed by atoms with E-state index in [9.17, 15) is 9.59 Å². The van der Waals surface area contributed by atoms with Crippen LogP contribution in [0.15, 0.2) is 15.8 Å². The van der Waals surface area contributed by atoms with Gasteiger partial charge in [-0.15, -0.1) is 0 Å². The third kappa shape index (κ3) is 1.70. The van der Waals surface area contributed by atoms with Crippen LogP contribution in [0.4, 0.5) is 0 Å². The summed E-state index contributed by atoms with van der Waals surface area (Å²) >= 11 is 0. The molecule has 0 radical (unpaired) electrons. The molecule has 82 valence electrons. The van der Waals surface area contributed by atoms with E-state index in [1.807, 2.05) is 13.8 Å². The Morgan fingerprint density at radius 2 is 1.87 bits per heavy atom. The predicted molar refractivity (Wildman–Crippen MR) is 57.1 cm³/mol. The summed E-state index contributed by atoms with van der Waals surface area (Å²) in [4.78, 5) is 28.5. The van der Waals surface area contributed by atoms with Gasteiger partial charge < -0.3 is 0 Å². The first-order chi connectivity index (χ1) is 7.11. The number of nitrogens with one attached hydrogen (secondary N) is 1. The monoisotopic (exact) mass is 210 g/mol. The molecule has 2 aromatic rings. The molecule has 2 aromatic heterocycles. The summed E-state index contributed by atoms with van der Waals surface area (Å²) in [5, 5.41) is 0. The predicted octanol–water partition coefficient (Wildman–Crippen LogP) is 0.0559. The zero-order valence-corrected chi connectivity index (χ0v) is 9.24. The minimum Gasteiger partial charge on any atom is -0.266 e. The van der Waals surface area contributed by atoms with Gasteiger partial charge in [0.05, 0.1) is 6.20 Å². The van der Waals surface area contributed by atoms with Crippen LogP contribution in [0.1, 0.15) is 19.5 Å². The standard InChI is InChI=1S/C7H8N4O2.C2H6/c1-4-3-8-5-10(2)6(12)9-7(13)11(4)5;1-2/h3H,1-2H3,(H,9,12,13);1-2H3. The molecule has 2 rings (SSSR count). The summed E-state index contributed by atoms with van der Waals surface area (Å²) < 4.78 is 2.63. The van der Waals surface area contributed by atoms with E-state index in [1.165, 1.54) is 8.97 Å². The number of hydrogen-bond acceptors (Lipinski definition) is 3. The Hall–Kier alpha value is -1.85. The van der Waals surface area contributed by atoms with Gasteiger partial charge in [0.25, 0.3) is 0 Å². The Morgan fingerprint density at radius 1 is 1.27 bits per heavy atom. The molecule has 1 N–H and O–H groups in total. The van der Waals surface area contributed by atoms with E-state index in [1.54, 1.807) is 20.2 Å². The Bertz CT molecular complexity index is 576. The van der Waals surface area contributed by atoms with Crippen molar-refractivity contribution in [2.24, 2.45) is 7.05 Å². The van der Waals surface area contributed by atoms with Crippen LogP contribution in [0.3, 0.4) is 0 Å². The van der Waals surface area contributed by atoms with Gasteiger partial charge in [-0.25, -0.2) is 19.0 Å². The zero-order valence-electron chi connectivity index (χ0n) is 9.24. The van der Waals surface area contributed by atoms with Crippen LogP contribution in [-0.2, 0) is 7.05 Å². The fraction of sp³-hybridized carbons (Fsp3) is 0.444. The van der Waals surface area contributed by atoms with Gasteiger partial charge in [0, 0.05) is 12.7 Å². The molecule has 0 saturated carbocycles. The Morgan fingerprint density at radius 3 is 2.47 bits per heavy atom. The van der Waals surface area contributed by atoms with Gasteiger partial charge in [0.15, 0.2) is 0 Å². The number of fused-ring (bicyclic) bond motifs is 1. The first-order valence-corrected chi connectivity index (χ1v) is 4.74. The second kappa shape index (κ2) is 4.12. The molecule has 0 aliphatic heterocycles. The van der Waals surface area contributed by atoms with Gasteiger partial charge in [0.1, 0.15) is 0 Å². The molecule has 0 unspecified atom stereocenters. The van der Waals surface area contributed by atoms with Gasteiger partial charge in [-0.05, 0) is 6.92 Å². The third-order valence-electron chi connectivity index (χ3n) is 1.94. The molecule has 6 heteroatoms. The van der Waals surface area contributed by atoms with Gasteiger partial charge in [-0.1, -0.05) is 13.8 Å². The van der Waals surface area contributed by atoms with Crippen molar-refractivity contribution in [1.82, 2.24) is 18.9 Å². The maximum atomic E-state index is 11.3. The lowest BCUT2D eigenvalue weighted by Gasteiger charge is -1.98. The van der Waals surface area contributed by atoms with Crippen molar-refractivity contribution in [2.45, 2.75) is 20.8 Å². The maximum absolute atomic E-state index is 11.3. The quantitative estimate of drug-likeness (QED) is 0.668. The number of imidazole rings is 1. The minimum atomic E-state index is -0.455. The largest absolute Gasteiger partial charge is 0.336 e. The van der Waals surface area contributed by atoms with E-state index >= 15 is 0 Å². The normalized spacial score (nSPS) is 9.87. The van der Waals surface area contributed by atoms with Crippen molar-refractivity contribution < 1.29 is 0 Å². The Balaban J connectivity index is 0.000000531. The lowest BCUT2D eigenvalue weighted by atomic mass is 10.5. The molecule has 2 heterocycles. The number of aryl methyl sites for hydroxylation is 2. The number of aromatic amines is 1. The lowest BCUT2D eigenvalue weighted by molar-refractivity contribution is 0.756. The number of nitrogens with zero attached hydrogens (tertiary/aromatic N) is 3. The van der Waals surface area contributed by atoms with Gasteiger partial charge in [0.2, 0.25) is 5.78 Å². The first kappa shape index (κ1) is 11.2. The Labute approximate surface area is 86.2 Å². The van der Waals surface area contributed by atoms with Crippen LogP contribution in [0, 0.1) is 6.92 Å². The van der Waals surface area contributed by atoms with Crippen molar-refractivity contribution in [3.63, 3.8) is 0 Å². The second-order valence-electron chi connectivity index (χ2n) is 2.83. The van der Waals surface area contributed by atoms with Crippen molar-refractivity contribution in [3.8, 4) is 0 Å². The summed E-state index contributed by atoms with van der Waals surface area (Å²) in [5.74, 6) is 0.353. The topological polar surface area (TPSA) is 72.2 Å². The molecule has 0 fully saturated rings. The molecule has 0 spiro atoms. The highest BCUT2D eigenvalue weighted by Crippen LogP contribution is 1.96. The second-order valence-corrected chi connectivity index (χ2v) is 2.83. The first-order valence-electron chi connectivity index (χ1n) is 4.74. The molecule has 0 bridgehead atoms. The van der Waals surface area contributed by atoms with Crippen LogP contribution in [0.25, 0.3) is 5.78 Å². The highest BCUT2D eigenvalue weighted by molar-refractivity contribution is 5.30. The maximum Gasteiger partial charge on any atom is 0.336 e. The van der Waals surface area contributed by atoms with Crippen molar-refractivity contribution >= 4 is 5.78 Å². The molecule has 0 aromatic carbocycles. The fourth-order valence-electron chi connectivity index (χ4n) is 1.23. The van der Waals surface area contributed by atoms with Crippen LogP contribution in [0.2, 0.25) is 0 Å². The molecule has 6 nitrogen and oxygen atoms in total. The molecule has 0 aliphatic carbocycles. The number of aromatic nitrogens is 4. The van der Waals surface area contributed by atoms with Crippen molar-refractivity contribution in [2.75, 3.05) is 0 Å². The van der Waals surface area contributed by atoms with Crippen LogP contribution in [-0.4, -0.2) is 18.9 Å². The molecule has 0 saturated heterocycles. The fourth-order valence-corrected chi connectivity index (χ4v) is 1.23. The van der Waals surface area contributed by atoms with E-state index < -0.39 is 11.4 Å². The summed E-state index contributed by atoms with van der Waals surface area (Å²) in [5.41, 5.74) is -0.206. The van der Waals surface area contributed by atoms with Gasteiger partial charge >= 0.3 is 11.4 Å². The Kier molecular flexibility index (Phi) is 3.08. The van der Waals surface area contributed by atoms with E-state index in [4.69, 9.17) is 0 Å². The van der Waals surface area contributed by atoms with Crippen LogP contribution in [0.5, 0.6) is 0 Å². The van der Waals surface area contributed by atoms with Crippen molar-refractivity contribution in [3.05, 3.63) is 32.9 Å². The van der Waals surface area contributed by atoms with E-state index in [0.29, 0.717) is 11.5 Å². The number of H-pyrrole nitrogens is 1. The molecular formula is C9H14N4O2. The van der Waals surface area contributed by atoms with Gasteiger partial charge in [-0.3, -0.25) is 9.55 Å². The summed E-state index contributed by atoms with van der Waals surface area (Å²) in [6.07, 6.45) is 1.55. The number of hydrogen-bond donors (Lipinski definition) is 1. The van der Waals surface area contributed by atoms with E-state index in [2.05, 4.69) is 9.97 Å². The molecule has 0 atom stereocenters. The highest BCUT2D eigenvalue weighted by Gasteiger charge is 2.06. The number of rotatable bonds is 0. The summed E-state index contributed by atoms with van der Waals surface area (Å²) in [7, 11) is 1.56. The molecule has 15 heavy (non-hydrogen) atoms. The zero-order chi connectivity index (χ0) is 11.6. The smallest absolute Gasteiger partial charge is 0.266 e.